The molecule has 0 aliphatic heterocycles. The van der Waals surface area contributed by atoms with E-state index in [-0.39, 0.29) is 18.1 Å². The van der Waals surface area contributed by atoms with Crippen LogP contribution in [0.5, 0.6) is 0 Å². The molecule has 9 heteroatoms. The Kier molecular flexibility index (Phi) is 4.90. The van der Waals surface area contributed by atoms with E-state index in [1.807, 2.05) is 24.3 Å². The number of hydrogen-bond donors (Lipinski definition) is 2. The number of halogens is 2. The van der Waals surface area contributed by atoms with Crippen LogP contribution in [0.3, 0.4) is 0 Å². The molecular weight excluding hydrogens is 390 g/mol. The van der Waals surface area contributed by atoms with Crippen molar-refractivity contribution in [2.45, 2.75) is 31.9 Å². The van der Waals surface area contributed by atoms with Crippen LogP contribution in [-0.4, -0.2) is 30.3 Å². The highest BCUT2D eigenvalue weighted by molar-refractivity contribution is 5.76. The molecule has 2 heterocycles. The fourth-order valence-corrected chi connectivity index (χ4v) is 3.31. The summed E-state index contributed by atoms with van der Waals surface area (Å²) in [6.45, 7) is 3.42. The fourth-order valence-electron chi connectivity index (χ4n) is 3.31. The fraction of sp³-hybridized carbons (Fsp3) is 0.238. The molecule has 0 fully saturated rings. The van der Waals surface area contributed by atoms with Crippen LogP contribution in [0.15, 0.2) is 60.3 Å². The van der Waals surface area contributed by atoms with Crippen molar-refractivity contribution in [3.05, 3.63) is 65.9 Å². The molecule has 3 N–H and O–H groups in total. The van der Waals surface area contributed by atoms with Crippen molar-refractivity contribution >= 4 is 5.82 Å². The minimum absolute atomic E-state index is 0.166. The Hall–Kier alpha value is -3.46. The number of nitrogens with zero attached hydrogens (tertiary/aromatic N) is 5. The third-order valence-electron chi connectivity index (χ3n) is 5.02. The van der Waals surface area contributed by atoms with Crippen molar-refractivity contribution in [3.8, 4) is 22.5 Å². The number of benzene rings is 1. The third kappa shape index (κ3) is 3.59. The standard InChI is InChI=1S/C21H20F2N6O/c1-21(2,30)14-8-6-12(7-9-14)13-10-15(19(24)25-11-13)20-26-27-28-29(20)17-5-3-4-16(22)18(17)23/h3-4,6-11,17,30H,5H2,1-2H3,(H2,24,25). The number of hydrogen-bond acceptors (Lipinski definition) is 6. The zero-order valence-electron chi connectivity index (χ0n) is 16.4. The molecule has 2 aromatic heterocycles. The number of aromatic nitrogens is 5. The summed E-state index contributed by atoms with van der Waals surface area (Å²) in [5.41, 5.74) is 7.86. The molecule has 1 unspecified atom stereocenters. The van der Waals surface area contributed by atoms with Crippen molar-refractivity contribution in [1.82, 2.24) is 25.2 Å². The maximum Gasteiger partial charge on any atom is 0.186 e. The van der Waals surface area contributed by atoms with E-state index in [4.69, 9.17) is 5.73 Å². The quantitative estimate of drug-likeness (QED) is 0.677. The van der Waals surface area contributed by atoms with Gasteiger partial charge in [0.15, 0.2) is 17.5 Å². The first-order valence-electron chi connectivity index (χ1n) is 9.34. The first-order chi connectivity index (χ1) is 14.3. The summed E-state index contributed by atoms with van der Waals surface area (Å²) in [4.78, 5) is 4.23. The van der Waals surface area contributed by atoms with Gasteiger partial charge in [-0.15, -0.1) is 5.10 Å². The molecule has 0 bridgehead atoms. The second-order valence-electron chi connectivity index (χ2n) is 7.59. The molecule has 30 heavy (non-hydrogen) atoms. The van der Waals surface area contributed by atoms with Crippen LogP contribution in [0.25, 0.3) is 22.5 Å². The maximum absolute atomic E-state index is 14.3. The number of rotatable bonds is 4. The summed E-state index contributed by atoms with van der Waals surface area (Å²) < 4.78 is 29.3. The Morgan fingerprint density at radius 1 is 1.17 bits per heavy atom. The average Bonchev–Trinajstić information content (AvgIpc) is 3.19. The van der Waals surface area contributed by atoms with E-state index in [0.29, 0.717) is 5.56 Å². The molecule has 0 saturated carbocycles. The maximum atomic E-state index is 14.3. The number of pyridine rings is 1. The van der Waals surface area contributed by atoms with Gasteiger partial charge in [0.2, 0.25) is 0 Å². The van der Waals surface area contributed by atoms with Gasteiger partial charge in [-0.3, -0.25) is 0 Å². The summed E-state index contributed by atoms with van der Waals surface area (Å²) in [5.74, 6) is -1.52. The van der Waals surface area contributed by atoms with Gasteiger partial charge >= 0.3 is 0 Å². The summed E-state index contributed by atoms with van der Waals surface area (Å²) >= 11 is 0. The van der Waals surface area contributed by atoms with Crippen molar-refractivity contribution in [2.24, 2.45) is 0 Å². The molecular formula is C21H20F2N6O. The smallest absolute Gasteiger partial charge is 0.186 e. The van der Waals surface area contributed by atoms with Gasteiger partial charge in [0.05, 0.1) is 11.2 Å². The highest BCUT2D eigenvalue weighted by atomic mass is 19.2. The van der Waals surface area contributed by atoms with Crippen molar-refractivity contribution in [2.75, 3.05) is 5.73 Å². The van der Waals surface area contributed by atoms with E-state index in [9.17, 15) is 13.9 Å². The Morgan fingerprint density at radius 2 is 1.90 bits per heavy atom. The first kappa shape index (κ1) is 19.8. The SMILES string of the molecule is CC(C)(O)c1ccc(-c2cnc(N)c(-c3nnnn3C3CC=CC(F)=C3F)c2)cc1. The zero-order valence-corrected chi connectivity index (χ0v) is 16.4. The average molecular weight is 410 g/mol. The summed E-state index contributed by atoms with van der Waals surface area (Å²) in [6.07, 6.45) is 4.43. The van der Waals surface area contributed by atoms with Crippen LogP contribution in [-0.2, 0) is 5.60 Å². The van der Waals surface area contributed by atoms with E-state index in [0.717, 1.165) is 22.8 Å². The molecule has 7 nitrogen and oxygen atoms in total. The molecule has 0 saturated heterocycles. The Bertz CT molecular complexity index is 1150. The number of aliphatic hydroxyl groups is 1. The number of allylic oxidation sites excluding steroid dienone is 4. The van der Waals surface area contributed by atoms with Gasteiger partial charge in [-0.25, -0.2) is 18.4 Å². The summed E-state index contributed by atoms with van der Waals surface area (Å²) in [6, 6.07) is 8.13. The van der Waals surface area contributed by atoms with Gasteiger partial charge in [0.1, 0.15) is 11.9 Å². The molecule has 1 atom stereocenters. The molecule has 3 aromatic rings. The van der Waals surface area contributed by atoms with Crippen LogP contribution >= 0.6 is 0 Å². The number of nitrogens with two attached hydrogens (primary N) is 1. The van der Waals surface area contributed by atoms with Crippen LogP contribution in [0.1, 0.15) is 31.9 Å². The lowest BCUT2D eigenvalue weighted by Gasteiger charge is -2.19. The van der Waals surface area contributed by atoms with Gasteiger partial charge < -0.3 is 10.8 Å². The predicted octanol–water partition coefficient (Wildman–Crippen LogP) is 3.86. The highest BCUT2D eigenvalue weighted by Crippen LogP contribution is 2.35. The predicted molar refractivity (Wildman–Crippen MR) is 108 cm³/mol. The van der Waals surface area contributed by atoms with Crippen molar-refractivity contribution in [1.29, 1.82) is 0 Å². The topological polar surface area (TPSA) is 103 Å². The lowest BCUT2D eigenvalue weighted by molar-refractivity contribution is 0.0786. The van der Waals surface area contributed by atoms with E-state index in [1.165, 1.54) is 10.8 Å². The molecule has 1 aromatic carbocycles. The van der Waals surface area contributed by atoms with E-state index >= 15 is 0 Å². The van der Waals surface area contributed by atoms with Crippen molar-refractivity contribution < 1.29 is 13.9 Å². The minimum atomic E-state index is -0.992. The minimum Gasteiger partial charge on any atom is -0.386 e. The largest absolute Gasteiger partial charge is 0.386 e. The van der Waals surface area contributed by atoms with Gasteiger partial charge in [-0.05, 0) is 54.0 Å². The molecule has 0 radical (unpaired) electrons. The summed E-state index contributed by atoms with van der Waals surface area (Å²) in [5, 5.41) is 21.6. The third-order valence-corrected chi connectivity index (χ3v) is 5.02. The Labute approximate surface area is 171 Å². The Balaban J connectivity index is 1.74. The van der Waals surface area contributed by atoms with E-state index in [1.54, 1.807) is 26.1 Å². The molecule has 1 aliphatic rings. The van der Waals surface area contributed by atoms with Crippen LogP contribution < -0.4 is 5.73 Å². The van der Waals surface area contributed by atoms with Crippen LogP contribution in [0, 0.1) is 0 Å². The number of tetrazole rings is 1. The first-order valence-corrected chi connectivity index (χ1v) is 9.34. The molecule has 4 rings (SSSR count). The summed E-state index contributed by atoms with van der Waals surface area (Å²) in [7, 11) is 0. The lowest BCUT2D eigenvalue weighted by atomic mass is 9.95. The zero-order chi connectivity index (χ0) is 21.5. The van der Waals surface area contributed by atoms with E-state index < -0.39 is 23.3 Å². The van der Waals surface area contributed by atoms with Crippen molar-refractivity contribution in [3.63, 3.8) is 0 Å². The lowest BCUT2D eigenvalue weighted by Crippen LogP contribution is -2.15. The van der Waals surface area contributed by atoms with Gasteiger partial charge in [0, 0.05) is 11.8 Å². The second-order valence-corrected chi connectivity index (χ2v) is 7.59. The van der Waals surface area contributed by atoms with Gasteiger partial charge in [-0.1, -0.05) is 30.3 Å². The van der Waals surface area contributed by atoms with Gasteiger partial charge in [-0.2, -0.15) is 0 Å². The molecule has 1 aliphatic carbocycles. The van der Waals surface area contributed by atoms with Gasteiger partial charge in [0.25, 0.3) is 0 Å². The molecule has 0 amide bonds. The van der Waals surface area contributed by atoms with Crippen LogP contribution in [0.2, 0.25) is 0 Å². The van der Waals surface area contributed by atoms with Crippen LogP contribution in [0.4, 0.5) is 14.6 Å². The number of nitrogen functional groups attached to an aromatic ring is 1. The molecule has 0 spiro atoms. The highest BCUT2D eigenvalue weighted by Gasteiger charge is 2.27. The molecule has 154 valence electrons. The Morgan fingerprint density at radius 3 is 2.60 bits per heavy atom. The second kappa shape index (κ2) is 7.42. The normalized spacial score (nSPS) is 16.9. The monoisotopic (exact) mass is 410 g/mol. The van der Waals surface area contributed by atoms with E-state index in [2.05, 4.69) is 20.5 Å². The number of anilines is 1.